The first-order valence-electron chi connectivity index (χ1n) is 10.7. The number of furan rings is 1. The quantitative estimate of drug-likeness (QED) is 0.550. The molecule has 8 heteroatoms. The Balaban J connectivity index is 1.44. The molecule has 1 aliphatic rings. The molecule has 2 aromatic heterocycles. The van der Waals surface area contributed by atoms with E-state index in [0.717, 1.165) is 23.8 Å². The lowest BCUT2D eigenvalue weighted by Crippen LogP contribution is -2.41. The van der Waals surface area contributed by atoms with Crippen LogP contribution in [0.4, 0.5) is 4.79 Å². The number of ether oxygens (including phenoxy) is 1. The van der Waals surface area contributed by atoms with Crippen LogP contribution in [0.5, 0.6) is 0 Å². The Morgan fingerprint density at radius 2 is 1.84 bits per heavy atom. The number of hydrogen-bond donors (Lipinski definition) is 0. The van der Waals surface area contributed by atoms with Gasteiger partial charge in [0.1, 0.15) is 16.9 Å². The van der Waals surface area contributed by atoms with Gasteiger partial charge in [-0.1, -0.05) is 6.07 Å². The Labute approximate surface area is 188 Å². The number of likely N-dealkylation sites (tertiary alicyclic amines) is 1. The van der Waals surface area contributed by atoms with Crippen LogP contribution in [-0.4, -0.2) is 49.3 Å². The van der Waals surface area contributed by atoms with Crippen LogP contribution >= 0.6 is 0 Å². The molecule has 1 saturated heterocycles. The number of nitrogens with zero attached hydrogens (tertiary/aromatic N) is 2. The van der Waals surface area contributed by atoms with Crippen molar-refractivity contribution in [3.8, 4) is 11.5 Å². The van der Waals surface area contributed by atoms with E-state index in [1.54, 1.807) is 23.1 Å². The number of sulfone groups is 1. The van der Waals surface area contributed by atoms with Crippen molar-refractivity contribution in [3.05, 3.63) is 48.2 Å². The van der Waals surface area contributed by atoms with Crippen molar-refractivity contribution in [2.45, 2.75) is 50.0 Å². The number of fused-ring (bicyclic) bond motifs is 1. The van der Waals surface area contributed by atoms with Gasteiger partial charge in [-0.15, -0.1) is 0 Å². The van der Waals surface area contributed by atoms with E-state index < -0.39 is 15.4 Å². The summed E-state index contributed by atoms with van der Waals surface area (Å²) in [5, 5.41) is 0.725. The largest absolute Gasteiger partial charge is 0.454 e. The van der Waals surface area contributed by atoms with Crippen LogP contribution in [0.2, 0.25) is 0 Å². The molecule has 0 radical (unpaired) electrons. The minimum Gasteiger partial charge on any atom is -0.454 e. The molecule has 1 aliphatic heterocycles. The minimum atomic E-state index is -3.28. The summed E-state index contributed by atoms with van der Waals surface area (Å²) in [5.74, 6) is 0.931. The first kappa shape index (κ1) is 22.3. The van der Waals surface area contributed by atoms with Crippen molar-refractivity contribution in [2.24, 2.45) is 0 Å². The fourth-order valence-electron chi connectivity index (χ4n) is 3.89. The third-order valence-corrected chi connectivity index (χ3v) is 6.68. The molecule has 32 heavy (non-hydrogen) atoms. The fourth-order valence-corrected chi connectivity index (χ4v) is 4.55. The lowest BCUT2D eigenvalue weighted by Gasteiger charge is -2.33. The molecule has 0 aliphatic carbocycles. The predicted octanol–water partition coefficient (Wildman–Crippen LogP) is 5.01. The molecule has 0 atom stereocenters. The summed E-state index contributed by atoms with van der Waals surface area (Å²) in [7, 11) is -3.28. The predicted molar refractivity (Wildman–Crippen MR) is 122 cm³/mol. The zero-order chi connectivity index (χ0) is 23.1. The van der Waals surface area contributed by atoms with E-state index in [1.165, 1.54) is 6.26 Å². The lowest BCUT2D eigenvalue weighted by molar-refractivity contribution is 0.0205. The molecule has 7 nitrogen and oxygen atoms in total. The maximum Gasteiger partial charge on any atom is 0.410 e. The second-order valence-electron chi connectivity index (χ2n) is 9.30. The Kier molecular flexibility index (Phi) is 5.75. The highest BCUT2D eigenvalue weighted by Gasteiger charge is 2.27. The number of piperidine rings is 1. The Morgan fingerprint density at radius 1 is 1.12 bits per heavy atom. The number of carbonyl (C=O) groups is 1. The Morgan fingerprint density at radius 3 is 2.44 bits per heavy atom. The molecular formula is C24H28N2O5S. The van der Waals surface area contributed by atoms with Crippen LogP contribution in [0.15, 0.2) is 51.9 Å². The molecule has 4 rings (SSSR count). The topological polar surface area (TPSA) is 89.7 Å². The van der Waals surface area contributed by atoms with Crippen molar-refractivity contribution in [1.29, 1.82) is 0 Å². The smallest absolute Gasteiger partial charge is 0.410 e. The first-order chi connectivity index (χ1) is 15.0. The van der Waals surface area contributed by atoms with Crippen LogP contribution in [0, 0.1) is 0 Å². The normalized spacial score (nSPS) is 15.8. The van der Waals surface area contributed by atoms with E-state index in [1.807, 2.05) is 45.2 Å². The van der Waals surface area contributed by atoms with Crippen LogP contribution in [0.1, 0.15) is 45.1 Å². The highest BCUT2D eigenvalue weighted by Crippen LogP contribution is 2.32. The van der Waals surface area contributed by atoms with Gasteiger partial charge in [0.15, 0.2) is 15.6 Å². The highest BCUT2D eigenvalue weighted by atomic mass is 32.2. The summed E-state index contributed by atoms with van der Waals surface area (Å²) in [5.41, 5.74) is 1.95. The number of amides is 1. The van der Waals surface area contributed by atoms with Crippen LogP contribution < -0.4 is 0 Å². The summed E-state index contributed by atoms with van der Waals surface area (Å²) in [4.78, 5) is 18.9. The van der Waals surface area contributed by atoms with Crippen molar-refractivity contribution in [1.82, 2.24) is 9.88 Å². The third kappa shape index (κ3) is 4.96. The van der Waals surface area contributed by atoms with Gasteiger partial charge in [0.05, 0.1) is 4.90 Å². The third-order valence-electron chi connectivity index (χ3n) is 5.57. The SMILES string of the molecule is CC(C)(C)OC(=O)N1CCC(c2ccc(-c3cc4cc(S(C)(=O)=O)ccc4o3)nc2)CC1. The molecule has 0 N–H and O–H groups in total. The van der Waals surface area contributed by atoms with Gasteiger partial charge in [0.2, 0.25) is 0 Å². The molecule has 0 saturated carbocycles. The average molecular weight is 457 g/mol. The maximum absolute atomic E-state index is 12.3. The molecule has 0 bridgehead atoms. The Hall–Kier alpha value is -2.87. The number of pyridine rings is 1. The summed E-state index contributed by atoms with van der Waals surface area (Å²) in [6, 6.07) is 10.6. The summed E-state index contributed by atoms with van der Waals surface area (Å²) >= 11 is 0. The van der Waals surface area contributed by atoms with E-state index >= 15 is 0 Å². The minimum absolute atomic E-state index is 0.256. The van der Waals surface area contributed by atoms with E-state index in [4.69, 9.17) is 9.15 Å². The maximum atomic E-state index is 12.3. The van der Waals surface area contributed by atoms with Gasteiger partial charge >= 0.3 is 6.09 Å². The Bertz CT molecular complexity index is 1230. The summed E-state index contributed by atoms with van der Waals surface area (Å²) in [6.07, 6.45) is 4.51. The molecule has 1 aromatic carbocycles. The standard InChI is InChI=1S/C24H28N2O5S/c1-24(2,3)31-23(27)26-11-9-16(10-12-26)17-5-7-20(25-15-17)22-14-18-13-19(32(4,28)29)6-8-21(18)30-22/h5-8,13-16H,9-12H2,1-4H3. The number of aromatic nitrogens is 1. The molecule has 1 amide bonds. The second-order valence-corrected chi connectivity index (χ2v) is 11.3. The number of carbonyl (C=O) groups excluding carboxylic acids is 1. The average Bonchev–Trinajstić information content (AvgIpc) is 3.15. The lowest BCUT2D eigenvalue weighted by atomic mass is 9.90. The van der Waals surface area contributed by atoms with Gasteiger partial charge in [-0.05, 0) is 75.4 Å². The number of benzene rings is 1. The van der Waals surface area contributed by atoms with Gasteiger partial charge < -0.3 is 14.1 Å². The van der Waals surface area contributed by atoms with E-state index in [0.29, 0.717) is 36.0 Å². The van der Waals surface area contributed by atoms with Gasteiger partial charge in [0.25, 0.3) is 0 Å². The zero-order valence-electron chi connectivity index (χ0n) is 18.8. The number of hydrogen-bond acceptors (Lipinski definition) is 6. The molecular weight excluding hydrogens is 428 g/mol. The zero-order valence-corrected chi connectivity index (χ0v) is 19.6. The van der Waals surface area contributed by atoms with E-state index in [-0.39, 0.29) is 11.0 Å². The van der Waals surface area contributed by atoms with Crippen LogP contribution in [-0.2, 0) is 14.6 Å². The van der Waals surface area contributed by atoms with Gasteiger partial charge in [-0.2, -0.15) is 0 Å². The van der Waals surface area contributed by atoms with Gasteiger partial charge in [-0.3, -0.25) is 4.98 Å². The molecule has 3 aromatic rings. The molecule has 1 fully saturated rings. The van der Waals surface area contributed by atoms with Gasteiger partial charge in [0, 0.05) is 30.9 Å². The first-order valence-corrected chi connectivity index (χ1v) is 12.6. The van der Waals surface area contributed by atoms with Crippen molar-refractivity contribution in [2.75, 3.05) is 19.3 Å². The van der Waals surface area contributed by atoms with E-state index in [9.17, 15) is 13.2 Å². The molecule has 3 heterocycles. The van der Waals surface area contributed by atoms with Crippen molar-refractivity contribution < 1.29 is 22.4 Å². The van der Waals surface area contributed by atoms with Crippen LogP contribution in [0.3, 0.4) is 0 Å². The van der Waals surface area contributed by atoms with Gasteiger partial charge in [-0.25, -0.2) is 13.2 Å². The van der Waals surface area contributed by atoms with Crippen molar-refractivity contribution in [3.63, 3.8) is 0 Å². The van der Waals surface area contributed by atoms with Crippen LogP contribution in [0.25, 0.3) is 22.4 Å². The fraction of sp³-hybridized carbons (Fsp3) is 0.417. The number of rotatable bonds is 3. The summed E-state index contributed by atoms with van der Waals surface area (Å²) in [6.45, 7) is 6.94. The molecule has 170 valence electrons. The van der Waals surface area contributed by atoms with Crippen molar-refractivity contribution >= 4 is 26.9 Å². The van der Waals surface area contributed by atoms with E-state index in [2.05, 4.69) is 4.98 Å². The second kappa shape index (κ2) is 8.24. The molecule has 0 spiro atoms. The highest BCUT2D eigenvalue weighted by molar-refractivity contribution is 7.90. The molecule has 0 unspecified atom stereocenters. The monoisotopic (exact) mass is 456 g/mol. The summed E-state index contributed by atoms with van der Waals surface area (Å²) < 4.78 is 34.9.